The molecule has 0 bridgehead atoms. The highest BCUT2D eigenvalue weighted by Crippen LogP contribution is 2.24. The lowest BCUT2D eigenvalue weighted by molar-refractivity contribution is -0.274. The van der Waals surface area contributed by atoms with Gasteiger partial charge in [0.1, 0.15) is 12.1 Å². The van der Waals surface area contributed by atoms with Crippen LogP contribution in [-0.4, -0.2) is 32.5 Å². The maximum absolute atomic E-state index is 12.3. The standard InChI is InChI=1S/C26H23F3N6OS/c1-2-5-19-6-3-4-7-23(19)32-25(37)33-31-16-18-8-10-20(11-9-18)24-30-17-35(34-24)21-12-14-22(15-13-21)36-26(27,28)29/h3-4,6-17H,2,5H2,1H3,(H2,32,33,37)/b31-16+. The molecule has 4 aromatic rings. The average molecular weight is 525 g/mol. The van der Waals surface area contributed by atoms with E-state index >= 15 is 0 Å². The number of anilines is 1. The molecule has 2 N–H and O–H groups in total. The van der Waals surface area contributed by atoms with Crippen molar-refractivity contribution in [3.63, 3.8) is 0 Å². The highest BCUT2D eigenvalue weighted by atomic mass is 32.1. The van der Waals surface area contributed by atoms with E-state index in [0.717, 1.165) is 29.7 Å². The number of aryl methyl sites for hydroxylation is 1. The van der Waals surface area contributed by atoms with Crippen LogP contribution in [0.2, 0.25) is 0 Å². The highest BCUT2D eigenvalue weighted by Gasteiger charge is 2.31. The summed E-state index contributed by atoms with van der Waals surface area (Å²) in [5.74, 6) is 0.162. The van der Waals surface area contributed by atoms with Crippen molar-refractivity contribution in [2.45, 2.75) is 26.1 Å². The second kappa shape index (κ2) is 11.7. The van der Waals surface area contributed by atoms with Gasteiger partial charge in [-0.05, 0) is 60.1 Å². The van der Waals surface area contributed by atoms with Gasteiger partial charge in [-0.15, -0.1) is 18.3 Å². The highest BCUT2D eigenvalue weighted by molar-refractivity contribution is 7.80. The molecule has 1 heterocycles. The summed E-state index contributed by atoms with van der Waals surface area (Å²) in [7, 11) is 0. The van der Waals surface area contributed by atoms with Crippen molar-refractivity contribution in [1.82, 2.24) is 20.2 Å². The Morgan fingerprint density at radius 1 is 1.05 bits per heavy atom. The van der Waals surface area contributed by atoms with Gasteiger partial charge >= 0.3 is 6.36 Å². The van der Waals surface area contributed by atoms with E-state index in [1.54, 1.807) is 6.21 Å². The zero-order chi connectivity index (χ0) is 26.3. The second-order valence-corrected chi connectivity index (χ2v) is 8.32. The Morgan fingerprint density at radius 2 is 1.78 bits per heavy atom. The number of hydrogen-bond acceptors (Lipinski definition) is 5. The van der Waals surface area contributed by atoms with E-state index in [1.165, 1.54) is 40.8 Å². The predicted molar refractivity (Wildman–Crippen MR) is 141 cm³/mol. The number of nitrogens with zero attached hydrogens (tertiary/aromatic N) is 4. The van der Waals surface area contributed by atoms with Gasteiger partial charge in [-0.25, -0.2) is 9.67 Å². The van der Waals surface area contributed by atoms with Crippen LogP contribution >= 0.6 is 12.2 Å². The number of benzene rings is 3. The molecule has 0 aliphatic carbocycles. The van der Waals surface area contributed by atoms with Gasteiger partial charge in [-0.2, -0.15) is 5.10 Å². The molecule has 0 atom stereocenters. The second-order valence-electron chi connectivity index (χ2n) is 7.91. The van der Waals surface area contributed by atoms with Gasteiger partial charge in [0.05, 0.1) is 11.9 Å². The molecule has 7 nitrogen and oxygen atoms in total. The molecule has 190 valence electrons. The van der Waals surface area contributed by atoms with Crippen LogP contribution < -0.4 is 15.5 Å². The van der Waals surface area contributed by atoms with E-state index in [0.29, 0.717) is 16.6 Å². The number of ether oxygens (including phenoxy) is 1. The van der Waals surface area contributed by atoms with Crippen molar-refractivity contribution in [2.75, 3.05) is 5.32 Å². The van der Waals surface area contributed by atoms with Crippen molar-refractivity contribution < 1.29 is 17.9 Å². The molecule has 0 unspecified atom stereocenters. The molecule has 3 aromatic carbocycles. The Labute approximate surface area is 217 Å². The van der Waals surface area contributed by atoms with Gasteiger partial charge in [-0.3, -0.25) is 5.43 Å². The SMILES string of the molecule is CCCc1ccccc1NC(=S)N/N=C/c1ccc(-c2ncn(-c3ccc(OC(F)(F)F)cc3)n2)cc1. The molecule has 0 aliphatic heterocycles. The Bertz CT molecular complexity index is 1370. The lowest BCUT2D eigenvalue weighted by atomic mass is 10.1. The zero-order valence-corrected chi connectivity index (χ0v) is 20.6. The fraction of sp³-hybridized carbons (Fsp3) is 0.154. The maximum atomic E-state index is 12.3. The average Bonchev–Trinajstić information content (AvgIpc) is 3.36. The maximum Gasteiger partial charge on any atom is 0.573 e. The number of hydrazone groups is 1. The molecule has 0 fully saturated rings. The van der Waals surface area contributed by atoms with Crippen LogP contribution in [0, 0.1) is 0 Å². The predicted octanol–water partition coefficient (Wildman–Crippen LogP) is 6.11. The summed E-state index contributed by atoms with van der Waals surface area (Å²) in [6.07, 6.45) is 0.389. The minimum absolute atomic E-state index is 0.304. The third-order valence-corrected chi connectivity index (χ3v) is 5.35. The number of thiocarbonyl (C=S) groups is 1. The van der Waals surface area contributed by atoms with Crippen molar-refractivity contribution in [2.24, 2.45) is 5.10 Å². The molecule has 0 aliphatic rings. The van der Waals surface area contributed by atoms with E-state index in [9.17, 15) is 13.2 Å². The first-order valence-corrected chi connectivity index (χ1v) is 11.8. The number of halogens is 3. The van der Waals surface area contributed by atoms with Gasteiger partial charge in [0.2, 0.25) is 0 Å². The molecular weight excluding hydrogens is 501 g/mol. The molecule has 1 aromatic heterocycles. The van der Waals surface area contributed by atoms with Crippen molar-refractivity contribution >= 4 is 29.2 Å². The van der Waals surface area contributed by atoms with E-state index in [2.05, 4.69) is 43.7 Å². The summed E-state index contributed by atoms with van der Waals surface area (Å²) in [4.78, 5) is 4.29. The van der Waals surface area contributed by atoms with Gasteiger partial charge in [-0.1, -0.05) is 55.8 Å². The van der Waals surface area contributed by atoms with Crippen molar-refractivity contribution in [1.29, 1.82) is 0 Å². The molecule has 11 heteroatoms. The number of hydrogen-bond donors (Lipinski definition) is 2. The minimum atomic E-state index is -4.74. The van der Waals surface area contributed by atoms with Crippen LogP contribution in [0.5, 0.6) is 5.75 Å². The van der Waals surface area contributed by atoms with Crippen molar-refractivity contribution in [3.05, 3.63) is 90.3 Å². The number of rotatable bonds is 8. The molecule has 0 saturated heterocycles. The molecule has 37 heavy (non-hydrogen) atoms. The van der Waals surface area contributed by atoms with E-state index in [1.807, 2.05) is 42.5 Å². The fourth-order valence-corrected chi connectivity index (χ4v) is 3.65. The molecule has 0 radical (unpaired) electrons. The number of para-hydroxylation sites is 1. The first-order valence-electron chi connectivity index (χ1n) is 11.4. The van der Waals surface area contributed by atoms with Gasteiger partial charge < -0.3 is 10.1 Å². The fourth-order valence-electron chi connectivity index (χ4n) is 3.48. The Hall–Kier alpha value is -4.25. The lowest BCUT2D eigenvalue weighted by Crippen LogP contribution is -2.24. The first-order chi connectivity index (χ1) is 17.8. The number of nitrogens with one attached hydrogen (secondary N) is 2. The zero-order valence-electron chi connectivity index (χ0n) is 19.7. The molecule has 0 amide bonds. The van der Waals surface area contributed by atoms with Crippen LogP contribution in [0.3, 0.4) is 0 Å². The summed E-state index contributed by atoms with van der Waals surface area (Å²) < 4.78 is 42.4. The summed E-state index contributed by atoms with van der Waals surface area (Å²) in [6.45, 7) is 2.13. The Balaban J connectivity index is 1.34. The van der Waals surface area contributed by atoms with Gasteiger partial charge in [0.15, 0.2) is 10.9 Å². The third kappa shape index (κ3) is 7.37. The molecule has 0 spiro atoms. The third-order valence-electron chi connectivity index (χ3n) is 5.16. The van der Waals surface area contributed by atoms with Crippen LogP contribution in [0.1, 0.15) is 24.5 Å². The molecule has 0 saturated carbocycles. The monoisotopic (exact) mass is 524 g/mol. The number of alkyl halides is 3. The van der Waals surface area contributed by atoms with E-state index in [4.69, 9.17) is 12.2 Å². The smallest absolute Gasteiger partial charge is 0.406 e. The van der Waals surface area contributed by atoms with Crippen LogP contribution in [0.25, 0.3) is 17.1 Å². The molecule has 4 rings (SSSR count). The topological polar surface area (TPSA) is 76.4 Å². The largest absolute Gasteiger partial charge is 0.573 e. The lowest BCUT2D eigenvalue weighted by Gasteiger charge is -2.11. The van der Waals surface area contributed by atoms with E-state index < -0.39 is 6.36 Å². The quantitative estimate of drug-likeness (QED) is 0.165. The van der Waals surface area contributed by atoms with Gasteiger partial charge in [0, 0.05) is 11.3 Å². The first kappa shape index (κ1) is 25.8. The van der Waals surface area contributed by atoms with E-state index in [-0.39, 0.29) is 5.75 Å². The summed E-state index contributed by atoms with van der Waals surface area (Å²) >= 11 is 5.34. The van der Waals surface area contributed by atoms with Crippen LogP contribution in [0.15, 0.2) is 84.2 Å². The van der Waals surface area contributed by atoms with Gasteiger partial charge in [0.25, 0.3) is 0 Å². The Kier molecular flexibility index (Phi) is 8.14. The Morgan fingerprint density at radius 3 is 2.49 bits per heavy atom. The summed E-state index contributed by atoms with van der Waals surface area (Å²) in [6, 6.07) is 20.8. The summed E-state index contributed by atoms with van der Waals surface area (Å²) in [5.41, 5.74) is 7.13. The molecular formula is C26H23F3N6OS. The normalized spacial score (nSPS) is 11.5. The number of aromatic nitrogens is 3. The van der Waals surface area contributed by atoms with Crippen LogP contribution in [0.4, 0.5) is 18.9 Å². The van der Waals surface area contributed by atoms with Crippen molar-refractivity contribution in [3.8, 4) is 22.8 Å². The summed E-state index contributed by atoms with van der Waals surface area (Å²) in [5, 5.41) is 12.2. The van der Waals surface area contributed by atoms with Crippen LogP contribution in [-0.2, 0) is 6.42 Å². The minimum Gasteiger partial charge on any atom is -0.406 e.